The standard InChI is InChI=1S/C10H21N3O2/c1-3-4-5-13-7-9(15-10(13)14)6-12(2)8-11/h9H,3-8,11H2,1-2H3/t9-/m1/s1. The fourth-order valence-corrected chi connectivity index (χ4v) is 1.62. The van der Waals surface area contributed by atoms with E-state index in [1.807, 2.05) is 11.9 Å². The average Bonchev–Trinajstić information content (AvgIpc) is 2.55. The van der Waals surface area contributed by atoms with Gasteiger partial charge in [-0.15, -0.1) is 0 Å². The lowest BCUT2D eigenvalue weighted by Crippen LogP contribution is -2.35. The number of hydrogen-bond acceptors (Lipinski definition) is 4. The van der Waals surface area contributed by atoms with Gasteiger partial charge in [0.25, 0.3) is 0 Å². The Morgan fingerprint density at radius 1 is 1.67 bits per heavy atom. The maximum atomic E-state index is 11.4. The van der Waals surface area contributed by atoms with E-state index in [-0.39, 0.29) is 12.2 Å². The minimum absolute atomic E-state index is 0.0251. The Kier molecular flexibility index (Phi) is 4.84. The maximum absolute atomic E-state index is 11.4. The highest BCUT2D eigenvalue weighted by Crippen LogP contribution is 2.12. The maximum Gasteiger partial charge on any atom is 0.410 e. The molecule has 5 nitrogen and oxygen atoms in total. The third kappa shape index (κ3) is 3.68. The first-order valence-corrected chi connectivity index (χ1v) is 5.51. The fraction of sp³-hybridized carbons (Fsp3) is 0.900. The average molecular weight is 215 g/mol. The normalized spacial score (nSPS) is 21.2. The quantitative estimate of drug-likeness (QED) is 0.654. The van der Waals surface area contributed by atoms with E-state index in [9.17, 15) is 4.79 Å². The van der Waals surface area contributed by atoms with Crippen LogP contribution in [0.15, 0.2) is 0 Å². The summed E-state index contributed by atoms with van der Waals surface area (Å²) in [5, 5.41) is 0. The van der Waals surface area contributed by atoms with Crippen molar-refractivity contribution in [2.75, 3.05) is 33.4 Å². The van der Waals surface area contributed by atoms with Gasteiger partial charge in [0.2, 0.25) is 0 Å². The summed E-state index contributed by atoms with van der Waals surface area (Å²) in [5.74, 6) is 0. The predicted octanol–water partition coefficient (Wildman–Crippen LogP) is 0.455. The van der Waals surface area contributed by atoms with E-state index in [0.29, 0.717) is 19.8 Å². The molecule has 0 aromatic rings. The number of ether oxygens (including phenoxy) is 1. The molecule has 0 aromatic heterocycles. The Bertz CT molecular complexity index is 211. The number of nitrogens with two attached hydrogens (primary N) is 1. The highest BCUT2D eigenvalue weighted by molar-refractivity contribution is 5.69. The third-order valence-corrected chi connectivity index (χ3v) is 2.56. The van der Waals surface area contributed by atoms with Gasteiger partial charge >= 0.3 is 6.09 Å². The van der Waals surface area contributed by atoms with Crippen molar-refractivity contribution in [1.82, 2.24) is 9.80 Å². The van der Waals surface area contributed by atoms with Crippen LogP contribution in [0, 0.1) is 0 Å². The summed E-state index contributed by atoms with van der Waals surface area (Å²) in [4.78, 5) is 15.1. The zero-order chi connectivity index (χ0) is 11.3. The number of likely N-dealkylation sites (N-methyl/N-ethyl adjacent to an activating group) is 1. The lowest BCUT2D eigenvalue weighted by Gasteiger charge is -2.17. The van der Waals surface area contributed by atoms with Crippen LogP contribution in [0.5, 0.6) is 0 Å². The first-order chi connectivity index (χ1) is 7.17. The fourth-order valence-electron chi connectivity index (χ4n) is 1.62. The largest absolute Gasteiger partial charge is 0.443 e. The molecule has 0 unspecified atom stereocenters. The van der Waals surface area contributed by atoms with Crippen LogP contribution in [-0.4, -0.2) is 55.3 Å². The molecule has 1 aliphatic rings. The molecule has 2 N–H and O–H groups in total. The van der Waals surface area contributed by atoms with Gasteiger partial charge in [0.1, 0.15) is 6.10 Å². The number of carbonyl (C=O) groups excluding carboxylic acids is 1. The van der Waals surface area contributed by atoms with Gasteiger partial charge in [-0.1, -0.05) is 13.3 Å². The molecule has 0 spiro atoms. The summed E-state index contributed by atoms with van der Waals surface area (Å²) in [7, 11) is 1.92. The molecule has 0 saturated carbocycles. The lowest BCUT2D eigenvalue weighted by atomic mass is 10.3. The van der Waals surface area contributed by atoms with E-state index in [2.05, 4.69) is 6.92 Å². The SMILES string of the molecule is CCCCN1C[C@@H](CN(C)CN)OC1=O. The second-order valence-corrected chi connectivity index (χ2v) is 4.03. The van der Waals surface area contributed by atoms with Crippen LogP contribution in [0.3, 0.4) is 0 Å². The Labute approximate surface area is 91.2 Å². The van der Waals surface area contributed by atoms with Crippen molar-refractivity contribution in [2.45, 2.75) is 25.9 Å². The van der Waals surface area contributed by atoms with E-state index in [1.165, 1.54) is 0 Å². The predicted molar refractivity (Wildman–Crippen MR) is 58.4 cm³/mol. The molecule has 1 amide bonds. The van der Waals surface area contributed by atoms with E-state index in [1.54, 1.807) is 4.90 Å². The molecule has 0 bridgehead atoms. The van der Waals surface area contributed by atoms with Gasteiger partial charge in [0, 0.05) is 19.8 Å². The first-order valence-electron chi connectivity index (χ1n) is 5.51. The summed E-state index contributed by atoms with van der Waals surface area (Å²) >= 11 is 0. The lowest BCUT2D eigenvalue weighted by molar-refractivity contribution is 0.114. The molecule has 88 valence electrons. The Hall–Kier alpha value is -0.810. The Balaban J connectivity index is 2.31. The van der Waals surface area contributed by atoms with Crippen molar-refractivity contribution in [3.05, 3.63) is 0 Å². The molecule has 0 aliphatic carbocycles. The number of amides is 1. The minimum atomic E-state index is -0.182. The number of unbranched alkanes of at least 4 members (excludes halogenated alkanes) is 1. The van der Waals surface area contributed by atoms with Crippen LogP contribution < -0.4 is 5.73 Å². The van der Waals surface area contributed by atoms with Crippen molar-refractivity contribution in [3.8, 4) is 0 Å². The second kappa shape index (κ2) is 5.92. The summed E-state index contributed by atoms with van der Waals surface area (Å²) in [5.41, 5.74) is 5.47. The number of hydrogen-bond donors (Lipinski definition) is 1. The van der Waals surface area contributed by atoms with Gasteiger partial charge in [-0.3, -0.25) is 4.90 Å². The van der Waals surface area contributed by atoms with E-state index in [4.69, 9.17) is 10.5 Å². The molecule has 1 saturated heterocycles. The molecule has 15 heavy (non-hydrogen) atoms. The molecular weight excluding hydrogens is 194 g/mol. The zero-order valence-electron chi connectivity index (χ0n) is 9.61. The van der Waals surface area contributed by atoms with Crippen molar-refractivity contribution in [3.63, 3.8) is 0 Å². The van der Waals surface area contributed by atoms with Gasteiger partial charge in [-0.05, 0) is 13.5 Å². The highest BCUT2D eigenvalue weighted by Gasteiger charge is 2.30. The van der Waals surface area contributed by atoms with E-state index in [0.717, 1.165) is 19.4 Å². The molecule has 1 atom stereocenters. The van der Waals surface area contributed by atoms with Gasteiger partial charge in [-0.2, -0.15) is 0 Å². The number of cyclic esters (lactones) is 1. The molecule has 0 aromatic carbocycles. The molecule has 1 heterocycles. The Morgan fingerprint density at radius 2 is 2.40 bits per heavy atom. The van der Waals surface area contributed by atoms with Crippen molar-refractivity contribution in [2.24, 2.45) is 5.73 Å². The summed E-state index contributed by atoms with van der Waals surface area (Å²) < 4.78 is 5.23. The molecule has 1 rings (SSSR count). The van der Waals surface area contributed by atoms with Gasteiger partial charge in [0.15, 0.2) is 0 Å². The number of nitrogens with zero attached hydrogens (tertiary/aromatic N) is 2. The third-order valence-electron chi connectivity index (χ3n) is 2.56. The first kappa shape index (κ1) is 12.3. The monoisotopic (exact) mass is 215 g/mol. The smallest absolute Gasteiger partial charge is 0.410 e. The van der Waals surface area contributed by atoms with Crippen LogP contribution in [0.25, 0.3) is 0 Å². The van der Waals surface area contributed by atoms with E-state index < -0.39 is 0 Å². The van der Waals surface area contributed by atoms with E-state index >= 15 is 0 Å². The highest BCUT2D eigenvalue weighted by atomic mass is 16.6. The van der Waals surface area contributed by atoms with Crippen molar-refractivity contribution < 1.29 is 9.53 Å². The summed E-state index contributed by atoms with van der Waals surface area (Å²) in [6, 6.07) is 0. The topological polar surface area (TPSA) is 58.8 Å². The Morgan fingerprint density at radius 3 is 3.00 bits per heavy atom. The molecule has 0 radical (unpaired) electrons. The van der Waals surface area contributed by atoms with Crippen LogP contribution in [0.2, 0.25) is 0 Å². The van der Waals surface area contributed by atoms with Crippen LogP contribution in [0.1, 0.15) is 19.8 Å². The van der Waals surface area contributed by atoms with Gasteiger partial charge in [0.05, 0.1) is 6.54 Å². The minimum Gasteiger partial charge on any atom is -0.443 e. The number of rotatable bonds is 6. The summed E-state index contributed by atoms with van der Waals surface area (Å²) in [6.45, 7) is 4.82. The number of carbonyl (C=O) groups is 1. The molecule has 1 fully saturated rings. The second-order valence-electron chi connectivity index (χ2n) is 4.03. The zero-order valence-corrected chi connectivity index (χ0v) is 9.61. The van der Waals surface area contributed by atoms with Crippen LogP contribution in [0.4, 0.5) is 4.79 Å². The van der Waals surface area contributed by atoms with Gasteiger partial charge < -0.3 is 15.4 Å². The molecule has 5 heteroatoms. The molecule has 1 aliphatic heterocycles. The van der Waals surface area contributed by atoms with Crippen LogP contribution in [-0.2, 0) is 4.74 Å². The van der Waals surface area contributed by atoms with Crippen molar-refractivity contribution >= 4 is 6.09 Å². The van der Waals surface area contributed by atoms with Crippen molar-refractivity contribution in [1.29, 1.82) is 0 Å². The van der Waals surface area contributed by atoms with Gasteiger partial charge in [-0.25, -0.2) is 4.79 Å². The summed E-state index contributed by atoms with van der Waals surface area (Å²) in [6.07, 6.45) is 1.92. The molecular formula is C10H21N3O2. The van der Waals surface area contributed by atoms with Crippen LogP contribution >= 0.6 is 0 Å².